The molecule has 88 valence electrons. The van der Waals surface area contributed by atoms with E-state index in [1.807, 2.05) is 19.1 Å². The summed E-state index contributed by atoms with van der Waals surface area (Å²) >= 11 is 1.63. The maximum atomic E-state index is 8.69. The number of nitrogens with two attached hydrogens (primary N) is 1. The molecule has 3 N–H and O–H groups in total. The number of amidine groups is 1. The summed E-state index contributed by atoms with van der Waals surface area (Å²) in [6.45, 7) is 6.22. The molecule has 1 aromatic rings. The monoisotopic (exact) mass is 239 g/mol. The zero-order valence-electron chi connectivity index (χ0n) is 9.77. The van der Waals surface area contributed by atoms with E-state index in [4.69, 9.17) is 10.9 Å². The Hall–Kier alpha value is -1.23. The second-order valence-corrected chi connectivity index (χ2v) is 5.00. The van der Waals surface area contributed by atoms with Crippen LogP contribution in [0.1, 0.15) is 25.1 Å². The molecule has 1 aromatic heterocycles. The van der Waals surface area contributed by atoms with Crippen molar-refractivity contribution in [2.45, 2.75) is 25.8 Å². The van der Waals surface area contributed by atoms with Crippen molar-refractivity contribution >= 4 is 17.6 Å². The summed E-state index contributed by atoms with van der Waals surface area (Å²) in [6.07, 6.45) is 0. The van der Waals surface area contributed by atoms with E-state index >= 15 is 0 Å². The molecule has 0 aliphatic rings. The lowest BCUT2D eigenvalue weighted by Gasteiger charge is -2.09. The van der Waals surface area contributed by atoms with Gasteiger partial charge in [0, 0.05) is 11.4 Å². The molecule has 5 heteroatoms. The number of pyridine rings is 1. The molecule has 0 saturated heterocycles. The Bertz CT molecular complexity index is 391. The molecule has 0 fully saturated rings. The molecule has 16 heavy (non-hydrogen) atoms. The lowest BCUT2D eigenvalue weighted by molar-refractivity contribution is 0.318. The Balaban J connectivity index is 2.99. The van der Waals surface area contributed by atoms with Gasteiger partial charge in [0.15, 0.2) is 5.84 Å². The quantitative estimate of drug-likeness (QED) is 0.278. The number of oxime groups is 1. The summed E-state index contributed by atoms with van der Waals surface area (Å²) < 4.78 is 0. The molecule has 0 aromatic carbocycles. The minimum Gasteiger partial charge on any atom is -0.409 e. The van der Waals surface area contributed by atoms with Crippen molar-refractivity contribution in [3.8, 4) is 0 Å². The van der Waals surface area contributed by atoms with Crippen LogP contribution in [0.2, 0.25) is 0 Å². The van der Waals surface area contributed by atoms with E-state index in [2.05, 4.69) is 24.0 Å². The van der Waals surface area contributed by atoms with Gasteiger partial charge in [-0.3, -0.25) is 0 Å². The van der Waals surface area contributed by atoms with Crippen LogP contribution in [0.4, 0.5) is 0 Å². The van der Waals surface area contributed by atoms with Crippen LogP contribution in [0, 0.1) is 12.8 Å². The van der Waals surface area contributed by atoms with Crippen LogP contribution < -0.4 is 5.73 Å². The smallest absolute Gasteiger partial charge is 0.172 e. The lowest BCUT2D eigenvalue weighted by atomic mass is 10.2. The van der Waals surface area contributed by atoms with Gasteiger partial charge in [0.1, 0.15) is 5.03 Å². The predicted molar refractivity (Wildman–Crippen MR) is 67.0 cm³/mol. The molecule has 0 unspecified atom stereocenters. The van der Waals surface area contributed by atoms with E-state index in [9.17, 15) is 0 Å². The summed E-state index contributed by atoms with van der Waals surface area (Å²) in [5, 5.41) is 12.5. The van der Waals surface area contributed by atoms with Gasteiger partial charge in [0.05, 0.1) is 5.56 Å². The fourth-order valence-electron chi connectivity index (χ4n) is 1.14. The van der Waals surface area contributed by atoms with Crippen LogP contribution in [0.3, 0.4) is 0 Å². The Morgan fingerprint density at radius 2 is 2.25 bits per heavy atom. The number of rotatable bonds is 4. The van der Waals surface area contributed by atoms with Crippen LogP contribution in [-0.2, 0) is 0 Å². The topological polar surface area (TPSA) is 71.5 Å². The molecule has 0 aliphatic heterocycles. The fraction of sp³-hybridized carbons (Fsp3) is 0.455. The molecule has 0 atom stereocenters. The van der Waals surface area contributed by atoms with Crippen LogP contribution in [0.25, 0.3) is 0 Å². The Labute approximate surface area is 99.9 Å². The first-order valence-electron chi connectivity index (χ1n) is 5.13. The summed E-state index contributed by atoms with van der Waals surface area (Å²) in [7, 11) is 0. The number of nitrogens with zero attached hydrogens (tertiary/aromatic N) is 2. The van der Waals surface area contributed by atoms with Gasteiger partial charge >= 0.3 is 0 Å². The van der Waals surface area contributed by atoms with E-state index in [1.165, 1.54) is 0 Å². The first kappa shape index (κ1) is 12.8. The lowest BCUT2D eigenvalue weighted by Crippen LogP contribution is -2.15. The predicted octanol–water partition coefficient (Wildman–Crippen LogP) is 2.23. The average Bonchev–Trinajstić information content (AvgIpc) is 2.25. The number of thioether (sulfide) groups is 1. The van der Waals surface area contributed by atoms with Crippen LogP contribution >= 0.6 is 11.8 Å². The molecule has 0 aliphatic carbocycles. The number of hydrogen-bond donors (Lipinski definition) is 2. The molecule has 0 bridgehead atoms. The van der Waals surface area contributed by atoms with Gasteiger partial charge in [-0.05, 0) is 25.0 Å². The minimum absolute atomic E-state index is 0.110. The van der Waals surface area contributed by atoms with Gasteiger partial charge in [-0.1, -0.05) is 19.0 Å². The largest absolute Gasteiger partial charge is 0.409 e. The maximum Gasteiger partial charge on any atom is 0.172 e. The highest BCUT2D eigenvalue weighted by Gasteiger charge is 2.10. The highest BCUT2D eigenvalue weighted by atomic mass is 32.2. The Morgan fingerprint density at radius 1 is 1.56 bits per heavy atom. The fourth-order valence-corrected chi connectivity index (χ4v) is 2.17. The Morgan fingerprint density at radius 3 is 2.81 bits per heavy atom. The maximum absolute atomic E-state index is 8.69. The minimum atomic E-state index is 0.110. The van der Waals surface area contributed by atoms with Gasteiger partial charge in [-0.2, -0.15) is 0 Å². The van der Waals surface area contributed by atoms with Gasteiger partial charge < -0.3 is 10.9 Å². The number of aromatic nitrogens is 1. The number of hydrogen-bond acceptors (Lipinski definition) is 4. The van der Waals surface area contributed by atoms with Crippen molar-refractivity contribution in [3.63, 3.8) is 0 Å². The summed E-state index contributed by atoms with van der Waals surface area (Å²) in [5.41, 5.74) is 7.22. The SMILES string of the molecule is Cc1ccc(C(N)=NO)c(SCC(C)C)n1. The molecule has 0 radical (unpaired) electrons. The van der Waals surface area contributed by atoms with Crippen molar-refractivity contribution < 1.29 is 5.21 Å². The molecule has 1 rings (SSSR count). The third kappa shape index (κ3) is 3.41. The van der Waals surface area contributed by atoms with E-state index < -0.39 is 0 Å². The van der Waals surface area contributed by atoms with E-state index in [-0.39, 0.29) is 5.84 Å². The summed E-state index contributed by atoms with van der Waals surface area (Å²) in [4.78, 5) is 4.41. The highest BCUT2D eigenvalue weighted by molar-refractivity contribution is 7.99. The van der Waals surface area contributed by atoms with Gasteiger partial charge in [0.2, 0.25) is 0 Å². The van der Waals surface area contributed by atoms with Crippen LogP contribution in [0.5, 0.6) is 0 Å². The molecule has 1 heterocycles. The van der Waals surface area contributed by atoms with E-state index in [0.29, 0.717) is 11.5 Å². The molecular formula is C11H17N3OS. The normalized spacial score (nSPS) is 12.1. The van der Waals surface area contributed by atoms with Gasteiger partial charge in [0.25, 0.3) is 0 Å². The number of aryl methyl sites for hydroxylation is 1. The summed E-state index contributed by atoms with van der Waals surface area (Å²) in [5.74, 6) is 1.65. The zero-order valence-corrected chi connectivity index (χ0v) is 10.6. The second-order valence-electron chi connectivity index (χ2n) is 4.00. The molecule has 0 amide bonds. The third-order valence-electron chi connectivity index (χ3n) is 1.94. The zero-order chi connectivity index (χ0) is 12.1. The first-order valence-corrected chi connectivity index (χ1v) is 6.11. The average molecular weight is 239 g/mol. The van der Waals surface area contributed by atoms with Gasteiger partial charge in [-0.15, -0.1) is 11.8 Å². The van der Waals surface area contributed by atoms with E-state index in [1.54, 1.807) is 11.8 Å². The van der Waals surface area contributed by atoms with Crippen LogP contribution in [0.15, 0.2) is 22.3 Å². The second kappa shape index (κ2) is 5.75. The Kier molecular flexibility index (Phi) is 4.61. The third-order valence-corrected chi connectivity index (χ3v) is 3.35. The molecule has 0 saturated carbocycles. The molecule has 0 spiro atoms. The van der Waals surface area contributed by atoms with Crippen LogP contribution in [-0.4, -0.2) is 21.8 Å². The van der Waals surface area contributed by atoms with Crippen molar-refractivity contribution in [2.24, 2.45) is 16.8 Å². The highest BCUT2D eigenvalue weighted by Crippen LogP contribution is 2.23. The molecular weight excluding hydrogens is 222 g/mol. The molecule has 4 nitrogen and oxygen atoms in total. The van der Waals surface area contributed by atoms with Crippen molar-refractivity contribution in [1.82, 2.24) is 4.98 Å². The van der Waals surface area contributed by atoms with Crippen molar-refractivity contribution in [3.05, 3.63) is 23.4 Å². The van der Waals surface area contributed by atoms with Gasteiger partial charge in [-0.25, -0.2) is 4.98 Å². The van der Waals surface area contributed by atoms with E-state index in [0.717, 1.165) is 16.5 Å². The van der Waals surface area contributed by atoms with Crippen molar-refractivity contribution in [2.75, 3.05) is 5.75 Å². The first-order chi connectivity index (χ1) is 7.54. The summed E-state index contributed by atoms with van der Waals surface area (Å²) in [6, 6.07) is 3.69. The van der Waals surface area contributed by atoms with Crippen molar-refractivity contribution in [1.29, 1.82) is 0 Å². The standard InChI is InChI=1S/C11H17N3OS/c1-7(2)6-16-11-9(10(12)14-15)5-4-8(3)13-11/h4-5,7,15H,6H2,1-3H3,(H2,12,14).